The second-order valence-corrected chi connectivity index (χ2v) is 6.53. The van der Waals surface area contributed by atoms with Crippen LogP contribution >= 0.6 is 0 Å². The molecule has 1 aromatic carbocycles. The first-order valence-corrected chi connectivity index (χ1v) is 7.63. The number of rotatable bonds is 2. The molecule has 1 N–H and O–H groups in total. The zero-order chi connectivity index (χ0) is 16.3. The lowest BCUT2D eigenvalue weighted by atomic mass is 10.0. The number of nitrogens with one attached hydrogen (secondary N) is 1. The van der Waals surface area contributed by atoms with Gasteiger partial charge in [-0.25, -0.2) is 4.79 Å². The maximum Gasteiger partial charge on any atom is 0.410 e. The minimum Gasteiger partial charge on any atom is -0.444 e. The monoisotopic (exact) mass is 304 g/mol. The van der Waals surface area contributed by atoms with Gasteiger partial charge in [-0.15, -0.1) is 0 Å². The lowest BCUT2D eigenvalue weighted by Gasteiger charge is -2.28. The van der Waals surface area contributed by atoms with E-state index in [0.29, 0.717) is 12.1 Å². The normalized spacial score (nSPS) is 18.2. The van der Waals surface area contributed by atoms with Crippen molar-refractivity contribution in [2.45, 2.75) is 45.3 Å². The van der Waals surface area contributed by atoms with Crippen LogP contribution in [0.1, 0.15) is 55.6 Å². The quantitative estimate of drug-likeness (QED) is 0.913. The Bertz CT molecular complexity index is 546. The highest BCUT2D eigenvalue weighted by Gasteiger charge is 2.33. The third kappa shape index (κ3) is 3.78. The number of nitrogens with zero attached hydrogens (tertiary/aromatic N) is 1. The Kier molecular flexibility index (Phi) is 4.74. The third-order valence-corrected chi connectivity index (χ3v) is 3.67. The summed E-state index contributed by atoms with van der Waals surface area (Å²) in [6.45, 7) is 6.31. The molecule has 0 spiro atoms. The van der Waals surface area contributed by atoms with Crippen molar-refractivity contribution < 1.29 is 14.3 Å². The van der Waals surface area contributed by atoms with Gasteiger partial charge in [-0.05, 0) is 51.3 Å². The highest BCUT2D eigenvalue weighted by molar-refractivity contribution is 5.93. The highest BCUT2D eigenvalue weighted by Crippen LogP contribution is 2.33. The molecule has 120 valence electrons. The summed E-state index contributed by atoms with van der Waals surface area (Å²) < 4.78 is 5.48. The van der Waals surface area contributed by atoms with Gasteiger partial charge in [-0.2, -0.15) is 0 Å². The van der Waals surface area contributed by atoms with Crippen molar-refractivity contribution in [1.29, 1.82) is 0 Å². The Morgan fingerprint density at radius 3 is 2.41 bits per heavy atom. The Morgan fingerprint density at radius 1 is 1.23 bits per heavy atom. The largest absolute Gasteiger partial charge is 0.444 e. The number of carbonyl (C=O) groups excluding carboxylic acids is 2. The van der Waals surface area contributed by atoms with Crippen LogP contribution in [0.5, 0.6) is 0 Å². The molecule has 5 heteroatoms. The van der Waals surface area contributed by atoms with Crippen LogP contribution in [0.15, 0.2) is 24.3 Å². The summed E-state index contributed by atoms with van der Waals surface area (Å²) in [4.78, 5) is 25.7. The number of ether oxygens (including phenoxy) is 1. The first-order chi connectivity index (χ1) is 10.3. The van der Waals surface area contributed by atoms with Gasteiger partial charge in [0.05, 0.1) is 6.04 Å². The lowest BCUT2D eigenvalue weighted by molar-refractivity contribution is 0.0224. The number of benzene rings is 1. The second kappa shape index (κ2) is 6.38. The Labute approximate surface area is 131 Å². The molecule has 0 radical (unpaired) electrons. The maximum atomic E-state index is 12.3. The van der Waals surface area contributed by atoms with E-state index in [0.717, 1.165) is 18.4 Å². The van der Waals surface area contributed by atoms with Crippen LogP contribution < -0.4 is 5.32 Å². The van der Waals surface area contributed by atoms with Gasteiger partial charge in [0.2, 0.25) is 0 Å². The molecule has 1 aliphatic rings. The third-order valence-electron chi connectivity index (χ3n) is 3.67. The van der Waals surface area contributed by atoms with Crippen LogP contribution in [0.2, 0.25) is 0 Å². The summed E-state index contributed by atoms with van der Waals surface area (Å²) in [5, 5.41) is 2.60. The van der Waals surface area contributed by atoms with Crippen molar-refractivity contribution in [1.82, 2.24) is 10.2 Å². The minimum absolute atomic E-state index is 0.0218. The molecule has 2 amide bonds. The SMILES string of the molecule is CNC(=O)c1ccc(C2CCCN2C(=O)OC(C)(C)C)cc1. The summed E-state index contributed by atoms with van der Waals surface area (Å²) in [6.07, 6.45) is 1.60. The lowest BCUT2D eigenvalue weighted by Crippen LogP contribution is -2.36. The first kappa shape index (κ1) is 16.3. The van der Waals surface area contributed by atoms with E-state index in [1.54, 1.807) is 24.1 Å². The average molecular weight is 304 g/mol. The van der Waals surface area contributed by atoms with E-state index < -0.39 is 5.60 Å². The van der Waals surface area contributed by atoms with Gasteiger partial charge >= 0.3 is 6.09 Å². The van der Waals surface area contributed by atoms with E-state index in [9.17, 15) is 9.59 Å². The van der Waals surface area contributed by atoms with Gasteiger partial charge in [0, 0.05) is 19.2 Å². The first-order valence-electron chi connectivity index (χ1n) is 7.63. The molecule has 1 aliphatic heterocycles. The van der Waals surface area contributed by atoms with E-state index in [2.05, 4.69) is 5.32 Å². The zero-order valence-corrected chi connectivity index (χ0v) is 13.7. The summed E-state index contributed by atoms with van der Waals surface area (Å²) in [5.41, 5.74) is 1.16. The van der Waals surface area contributed by atoms with E-state index >= 15 is 0 Å². The van der Waals surface area contributed by atoms with Gasteiger partial charge in [-0.3, -0.25) is 4.79 Å². The molecule has 2 rings (SSSR count). The standard InChI is InChI=1S/C17H24N2O3/c1-17(2,3)22-16(21)19-11-5-6-14(19)12-7-9-13(10-8-12)15(20)18-4/h7-10,14H,5-6,11H2,1-4H3,(H,18,20). The fourth-order valence-electron chi connectivity index (χ4n) is 2.65. The average Bonchev–Trinajstić information content (AvgIpc) is 2.94. The summed E-state index contributed by atoms with van der Waals surface area (Å²) >= 11 is 0. The Morgan fingerprint density at radius 2 is 1.86 bits per heavy atom. The molecular weight excluding hydrogens is 280 g/mol. The van der Waals surface area contributed by atoms with Gasteiger partial charge < -0.3 is 15.0 Å². The molecule has 1 fully saturated rings. The van der Waals surface area contributed by atoms with E-state index in [1.807, 2.05) is 32.9 Å². The summed E-state index contributed by atoms with van der Waals surface area (Å²) in [7, 11) is 1.61. The molecule has 1 unspecified atom stereocenters. The molecule has 1 heterocycles. The van der Waals surface area contributed by atoms with E-state index in [-0.39, 0.29) is 18.0 Å². The second-order valence-electron chi connectivity index (χ2n) is 6.53. The van der Waals surface area contributed by atoms with Gasteiger partial charge in [0.1, 0.15) is 5.60 Å². The fraction of sp³-hybridized carbons (Fsp3) is 0.529. The predicted octanol–water partition coefficient (Wildman–Crippen LogP) is 3.12. The van der Waals surface area contributed by atoms with Crippen molar-refractivity contribution in [3.8, 4) is 0 Å². The van der Waals surface area contributed by atoms with E-state index in [1.165, 1.54) is 0 Å². The molecule has 0 bridgehead atoms. The number of hydrogen-bond donors (Lipinski definition) is 1. The van der Waals surface area contributed by atoms with Crippen molar-refractivity contribution in [2.75, 3.05) is 13.6 Å². The molecule has 0 aromatic heterocycles. The number of amides is 2. The van der Waals surface area contributed by atoms with Crippen molar-refractivity contribution >= 4 is 12.0 Å². The Balaban J connectivity index is 2.13. The van der Waals surface area contributed by atoms with Crippen LogP contribution in [-0.4, -0.2) is 36.1 Å². The summed E-state index contributed by atoms with van der Waals surface area (Å²) in [5.74, 6) is -0.109. The van der Waals surface area contributed by atoms with Crippen LogP contribution in [0, 0.1) is 0 Å². The molecule has 22 heavy (non-hydrogen) atoms. The molecule has 0 saturated carbocycles. The number of likely N-dealkylation sites (tertiary alicyclic amines) is 1. The van der Waals surface area contributed by atoms with Crippen LogP contribution in [-0.2, 0) is 4.74 Å². The van der Waals surface area contributed by atoms with E-state index in [4.69, 9.17) is 4.74 Å². The zero-order valence-electron chi connectivity index (χ0n) is 13.7. The minimum atomic E-state index is -0.493. The molecule has 1 atom stereocenters. The molecule has 1 aromatic rings. The molecule has 5 nitrogen and oxygen atoms in total. The van der Waals surface area contributed by atoms with Gasteiger partial charge in [0.15, 0.2) is 0 Å². The van der Waals surface area contributed by atoms with Crippen LogP contribution in [0.3, 0.4) is 0 Å². The predicted molar refractivity (Wildman–Crippen MR) is 84.7 cm³/mol. The number of hydrogen-bond acceptors (Lipinski definition) is 3. The molecule has 1 saturated heterocycles. The summed E-state index contributed by atoms with van der Waals surface area (Å²) in [6, 6.07) is 7.43. The molecule has 0 aliphatic carbocycles. The van der Waals surface area contributed by atoms with Gasteiger partial charge in [0.25, 0.3) is 5.91 Å². The topological polar surface area (TPSA) is 58.6 Å². The smallest absolute Gasteiger partial charge is 0.410 e. The highest BCUT2D eigenvalue weighted by atomic mass is 16.6. The number of carbonyl (C=O) groups is 2. The Hall–Kier alpha value is -2.04. The van der Waals surface area contributed by atoms with Gasteiger partial charge in [-0.1, -0.05) is 12.1 Å². The van der Waals surface area contributed by atoms with Crippen molar-refractivity contribution in [3.05, 3.63) is 35.4 Å². The van der Waals surface area contributed by atoms with Crippen LogP contribution in [0.25, 0.3) is 0 Å². The molecular formula is C17H24N2O3. The maximum absolute atomic E-state index is 12.3. The fourth-order valence-corrected chi connectivity index (χ4v) is 2.65. The van der Waals surface area contributed by atoms with Crippen molar-refractivity contribution in [2.24, 2.45) is 0 Å². The van der Waals surface area contributed by atoms with Crippen LogP contribution in [0.4, 0.5) is 4.79 Å². The van der Waals surface area contributed by atoms with Crippen molar-refractivity contribution in [3.63, 3.8) is 0 Å².